The zero-order chi connectivity index (χ0) is 23.4. The van der Waals surface area contributed by atoms with Gasteiger partial charge in [-0.1, -0.05) is 41.6 Å². The number of aryl methyl sites for hydroxylation is 2. The summed E-state index contributed by atoms with van der Waals surface area (Å²) in [4.78, 5) is 6.79. The average Bonchev–Trinajstić information content (AvgIpc) is 2.86. The molecule has 1 atom stereocenters. The predicted molar refractivity (Wildman–Crippen MR) is 133 cm³/mol. The Kier molecular flexibility index (Phi) is 6.80. The van der Waals surface area contributed by atoms with Gasteiger partial charge in [-0.15, -0.1) is 0 Å². The van der Waals surface area contributed by atoms with Gasteiger partial charge >= 0.3 is 0 Å². The molecular formula is C28H33N3O2. The first-order chi connectivity index (χ1) is 16.0. The molecule has 1 aromatic heterocycles. The minimum absolute atomic E-state index is 0.275. The molecule has 4 rings (SSSR count). The fraction of sp³-hybridized carbons (Fsp3) is 0.357. The van der Waals surface area contributed by atoms with Gasteiger partial charge in [-0.05, 0) is 86.1 Å². The number of pyridine rings is 1. The molecule has 0 amide bonds. The second kappa shape index (κ2) is 9.75. The van der Waals surface area contributed by atoms with E-state index in [9.17, 15) is 10.3 Å². The minimum atomic E-state index is -0.740. The second-order valence-corrected chi connectivity index (χ2v) is 9.10. The number of aromatic nitrogens is 1. The predicted octanol–water partition coefficient (Wildman–Crippen LogP) is 5.09. The number of rotatable bonds is 6. The molecule has 3 aromatic rings. The molecule has 0 bridgehead atoms. The molecule has 5 heteroatoms. The maximum absolute atomic E-state index is 10.1. The van der Waals surface area contributed by atoms with Crippen LogP contribution in [0.3, 0.4) is 0 Å². The van der Waals surface area contributed by atoms with Gasteiger partial charge in [-0.25, -0.2) is 0 Å². The standard InChI is InChI=1S/C28H33N3O2/c1-20-6-4-5-7-27(20)28(22(3)30-33,25-12-15-29-21(2)18-25)24-8-10-26(11-9-24)31-16-13-23(19-32)14-17-31/h4-12,15,18,23,32-33H,13-14,16-17,19H2,1-3H3/b30-22-/t28-/m0/s1. The van der Waals surface area contributed by atoms with Crippen molar-refractivity contribution in [3.8, 4) is 0 Å². The van der Waals surface area contributed by atoms with E-state index in [2.05, 4.69) is 64.4 Å². The average molecular weight is 444 g/mol. The highest BCUT2D eigenvalue weighted by atomic mass is 16.4. The number of aliphatic hydroxyl groups excluding tert-OH is 1. The minimum Gasteiger partial charge on any atom is -0.411 e. The van der Waals surface area contributed by atoms with Gasteiger partial charge in [0.1, 0.15) is 0 Å². The molecule has 1 saturated heterocycles. The summed E-state index contributed by atoms with van der Waals surface area (Å²) in [5.41, 5.74) is 6.25. The Bertz CT molecular complexity index is 1120. The topological polar surface area (TPSA) is 69.0 Å². The van der Waals surface area contributed by atoms with Gasteiger partial charge in [0.2, 0.25) is 0 Å². The summed E-state index contributed by atoms with van der Waals surface area (Å²) in [5, 5.41) is 23.3. The first-order valence-electron chi connectivity index (χ1n) is 11.7. The lowest BCUT2D eigenvalue weighted by Crippen LogP contribution is -2.38. The third-order valence-electron chi connectivity index (χ3n) is 7.11. The van der Waals surface area contributed by atoms with Crippen molar-refractivity contribution >= 4 is 11.4 Å². The Labute approximate surface area is 196 Å². The van der Waals surface area contributed by atoms with Crippen LogP contribution in [-0.2, 0) is 5.41 Å². The van der Waals surface area contributed by atoms with Gasteiger partial charge < -0.3 is 15.2 Å². The number of anilines is 1. The van der Waals surface area contributed by atoms with E-state index in [-0.39, 0.29) is 6.61 Å². The number of piperidine rings is 1. The smallest absolute Gasteiger partial charge is 0.0868 e. The molecule has 0 unspecified atom stereocenters. The van der Waals surface area contributed by atoms with E-state index >= 15 is 0 Å². The van der Waals surface area contributed by atoms with Gasteiger partial charge in [-0.3, -0.25) is 4.98 Å². The number of aliphatic hydroxyl groups is 1. The summed E-state index contributed by atoms with van der Waals surface area (Å²) in [6.07, 6.45) is 3.85. The van der Waals surface area contributed by atoms with Crippen molar-refractivity contribution in [2.24, 2.45) is 11.1 Å². The Morgan fingerprint density at radius 3 is 2.33 bits per heavy atom. The quantitative estimate of drug-likeness (QED) is 0.316. The molecule has 1 aliphatic rings. The molecule has 172 valence electrons. The van der Waals surface area contributed by atoms with Crippen LogP contribution in [0.25, 0.3) is 0 Å². The zero-order valence-electron chi connectivity index (χ0n) is 19.7. The molecular weight excluding hydrogens is 410 g/mol. The summed E-state index contributed by atoms with van der Waals surface area (Å²) in [6, 6.07) is 21.0. The molecule has 0 aliphatic carbocycles. The van der Waals surface area contributed by atoms with Crippen LogP contribution in [0.4, 0.5) is 5.69 Å². The maximum atomic E-state index is 10.1. The third-order valence-corrected chi connectivity index (χ3v) is 7.11. The van der Waals surface area contributed by atoms with Crippen molar-refractivity contribution in [1.29, 1.82) is 0 Å². The summed E-state index contributed by atoms with van der Waals surface area (Å²) >= 11 is 0. The largest absolute Gasteiger partial charge is 0.411 e. The molecule has 5 nitrogen and oxygen atoms in total. The summed E-state index contributed by atoms with van der Waals surface area (Å²) in [6.45, 7) is 8.15. The Morgan fingerprint density at radius 1 is 1.03 bits per heavy atom. The summed E-state index contributed by atoms with van der Waals surface area (Å²) in [7, 11) is 0. The molecule has 0 radical (unpaired) electrons. The SMILES string of the molecule is C/C(=N/O)[C@](c1ccc(N2CCC(CO)CC2)cc1)(c1ccnc(C)c1)c1ccccc1C. The third kappa shape index (κ3) is 4.25. The van der Waals surface area contributed by atoms with E-state index in [4.69, 9.17) is 0 Å². The Hall–Kier alpha value is -3.18. The number of hydrogen-bond donors (Lipinski definition) is 2. The van der Waals surface area contributed by atoms with Crippen LogP contribution < -0.4 is 4.90 Å². The fourth-order valence-electron chi connectivity index (χ4n) is 5.23. The van der Waals surface area contributed by atoms with E-state index in [1.54, 1.807) is 0 Å². The Balaban J connectivity index is 1.86. The van der Waals surface area contributed by atoms with Crippen molar-refractivity contribution < 1.29 is 10.3 Å². The van der Waals surface area contributed by atoms with Gasteiger partial charge in [0, 0.05) is 37.3 Å². The molecule has 2 N–H and O–H groups in total. The first-order valence-corrected chi connectivity index (χ1v) is 11.7. The lowest BCUT2D eigenvalue weighted by atomic mass is 9.65. The molecule has 1 aliphatic heterocycles. The maximum Gasteiger partial charge on any atom is 0.0868 e. The molecule has 1 fully saturated rings. The summed E-state index contributed by atoms with van der Waals surface area (Å²) < 4.78 is 0. The molecule has 0 spiro atoms. The molecule has 2 aromatic carbocycles. The van der Waals surface area contributed by atoms with E-state index in [1.807, 2.05) is 38.2 Å². The summed E-state index contributed by atoms with van der Waals surface area (Å²) in [5.74, 6) is 0.410. The van der Waals surface area contributed by atoms with Gasteiger partial charge in [-0.2, -0.15) is 0 Å². The number of benzene rings is 2. The first kappa shape index (κ1) is 23.0. The van der Waals surface area contributed by atoms with Crippen molar-refractivity contribution in [2.75, 3.05) is 24.6 Å². The van der Waals surface area contributed by atoms with Gasteiger partial charge in [0.15, 0.2) is 0 Å². The van der Waals surface area contributed by atoms with Crippen LogP contribution in [0, 0.1) is 19.8 Å². The molecule has 2 heterocycles. The second-order valence-electron chi connectivity index (χ2n) is 9.10. The van der Waals surface area contributed by atoms with E-state index < -0.39 is 5.41 Å². The lowest BCUT2D eigenvalue weighted by molar-refractivity contribution is 0.203. The number of hydrogen-bond acceptors (Lipinski definition) is 5. The van der Waals surface area contributed by atoms with Crippen LogP contribution in [0.5, 0.6) is 0 Å². The monoisotopic (exact) mass is 443 g/mol. The van der Waals surface area contributed by atoms with Crippen molar-refractivity contribution in [3.63, 3.8) is 0 Å². The van der Waals surface area contributed by atoms with Crippen LogP contribution in [0.15, 0.2) is 72.0 Å². The van der Waals surface area contributed by atoms with Crippen molar-refractivity contribution in [1.82, 2.24) is 4.98 Å². The zero-order valence-corrected chi connectivity index (χ0v) is 19.7. The highest BCUT2D eigenvalue weighted by molar-refractivity contribution is 6.00. The lowest BCUT2D eigenvalue weighted by Gasteiger charge is -2.37. The van der Waals surface area contributed by atoms with Crippen molar-refractivity contribution in [2.45, 2.75) is 39.0 Å². The van der Waals surface area contributed by atoms with Crippen LogP contribution in [0.2, 0.25) is 0 Å². The molecule has 0 saturated carbocycles. The van der Waals surface area contributed by atoms with Crippen LogP contribution in [-0.4, -0.2) is 40.7 Å². The number of nitrogens with zero attached hydrogens (tertiary/aromatic N) is 3. The van der Waals surface area contributed by atoms with Crippen LogP contribution >= 0.6 is 0 Å². The van der Waals surface area contributed by atoms with E-state index in [0.29, 0.717) is 11.6 Å². The fourth-order valence-corrected chi connectivity index (χ4v) is 5.23. The van der Waals surface area contributed by atoms with E-state index in [1.165, 1.54) is 5.69 Å². The van der Waals surface area contributed by atoms with Gasteiger partial charge in [0.25, 0.3) is 0 Å². The van der Waals surface area contributed by atoms with Crippen molar-refractivity contribution in [3.05, 3.63) is 94.8 Å². The van der Waals surface area contributed by atoms with Crippen LogP contribution in [0.1, 0.15) is 47.7 Å². The Morgan fingerprint density at radius 2 is 1.73 bits per heavy atom. The van der Waals surface area contributed by atoms with E-state index in [0.717, 1.165) is 53.9 Å². The van der Waals surface area contributed by atoms with Gasteiger partial charge in [0.05, 0.1) is 11.1 Å². The highest BCUT2D eigenvalue weighted by Gasteiger charge is 2.41. The number of oxime groups is 1. The highest BCUT2D eigenvalue weighted by Crippen LogP contribution is 2.43. The normalized spacial score (nSPS) is 17.1. The molecule has 33 heavy (non-hydrogen) atoms.